The van der Waals surface area contributed by atoms with Crippen LogP contribution in [0.25, 0.3) is 11.1 Å². The van der Waals surface area contributed by atoms with Gasteiger partial charge in [0.05, 0.1) is 18.4 Å². The Balaban J connectivity index is 1.64. The molecule has 3 aromatic rings. The minimum absolute atomic E-state index is 0.162. The molecule has 27 heavy (non-hydrogen) atoms. The molecule has 1 amide bonds. The zero-order valence-electron chi connectivity index (χ0n) is 15.5. The number of hydrogen-bond acceptors (Lipinski definition) is 7. The van der Waals surface area contributed by atoms with Crippen molar-refractivity contribution in [2.24, 2.45) is 0 Å². The summed E-state index contributed by atoms with van der Waals surface area (Å²) in [5, 5.41) is 6.68. The molecule has 0 atom stereocenters. The fourth-order valence-corrected chi connectivity index (χ4v) is 2.65. The molecule has 2 heterocycles. The molecule has 0 bridgehead atoms. The largest absolute Gasteiger partial charge is 0.480 e. The molecular weight excluding hydrogens is 346 g/mol. The molecule has 1 N–H and O–H groups in total. The van der Waals surface area contributed by atoms with Gasteiger partial charge in [-0.05, 0) is 24.6 Å². The Bertz CT molecular complexity index is 921. The van der Waals surface area contributed by atoms with Crippen molar-refractivity contribution in [1.82, 2.24) is 25.4 Å². The van der Waals surface area contributed by atoms with Crippen molar-refractivity contribution in [2.45, 2.75) is 26.7 Å². The van der Waals surface area contributed by atoms with Gasteiger partial charge >= 0.3 is 0 Å². The lowest BCUT2D eigenvalue weighted by molar-refractivity contribution is 0.0953. The third-order valence-electron chi connectivity index (χ3n) is 4.08. The Morgan fingerprint density at radius 3 is 2.67 bits per heavy atom. The lowest BCUT2D eigenvalue weighted by atomic mass is 10.0. The first-order chi connectivity index (χ1) is 13.1. The topological polar surface area (TPSA) is 103 Å². The highest BCUT2D eigenvalue weighted by atomic mass is 16.5. The van der Waals surface area contributed by atoms with Crippen LogP contribution < -0.4 is 10.1 Å². The minimum atomic E-state index is -0.162. The maximum Gasteiger partial charge on any atom is 0.251 e. The van der Waals surface area contributed by atoms with Gasteiger partial charge in [-0.15, -0.1) is 0 Å². The molecule has 1 aromatic carbocycles. The molecule has 8 heteroatoms. The number of aryl methyl sites for hydroxylation is 2. The summed E-state index contributed by atoms with van der Waals surface area (Å²) in [7, 11) is 1.57. The van der Waals surface area contributed by atoms with Crippen LogP contribution >= 0.6 is 0 Å². The first-order valence-electron chi connectivity index (χ1n) is 8.68. The molecule has 0 fully saturated rings. The van der Waals surface area contributed by atoms with Crippen LogP contribution in [-0.4, -0.2) is 39.7 Å². The molecule has 0 aliphatic carbocycles. The molecule has 0 unspecified atom stereocenters. The number of methoxy groups -OCH3 is 1. The summed E-state index contributed by atoms with van der Waals surface area (Å²) >= 11 is 0. The van der Waals surface area contributed by atoms with Gasteiger partial charge in [0.1, 0.15) is 6.33 Å². The van der Waals surface area contributed by atoms with Crippen LogP contribution in [0.1, 0.15) is 34.7 Å². The van der Waals surface area contributed by atoms with E-state index in [9.17, 15) is 4.79 Å². The fourth-order valence-electron chi connectivity index (χ4n) is 2.65. The zero-order chi connectivity index (χ0) is 19.2. The number of carbonyl (C=O) groups is 1. The van der Waals surface area contributed by atoms with E-state index >= 15 is 0 Å². The monoisotopic (exact) mass is 367 g/mol. The number of amides is 1. The van der Waals surface area contributed by atoms with E-state index in [1.54, 1.807) is 19.2 Å². The van der Waals surface area contributed by atoms with Crippen LogP contribution in [0.2, 0.25) is 0 Å². The van der Waals surface area contributed by atoms with Gasteiger partial charge < -0.3 is 14.6 Å². The van der Waals surface area contributed by atoms with E-state index in [0.29, 0.717) is 36.1 Å². The Hall–Kier alpha value is -3.29. The van der Waals surface area contributed by atoms with Gasteiger partial charge in [-0.25, -0.2) is 9.97 Å². The van der Waals surface area contributed by atoms with Gasteiger partial charge in [0, 0.05) is 24.9 Å². The number of ether oxygens (including phenoxy) is 1. The molecule has 140 valence electrons. The van der Waals surface area contributed by atoms with E-state index < -0.39 is 0 Å². The predicted molar refractivity (Wildman–Crippen MR) is 98.5 cm³/mol. The van der Waals surface area contributed by atoms with E-state index in [1.807, 2.05) is 26.0 Å². The van der Waals surface area contributed by atoms with Gasteiger partial charge in [0.15, 0.2) is 5.82 Å². The van der Waals surface area contributed by atoms with Crippen molar-refractivity contribution in [2.75, 3.05) is 13.7 Å². The standard InChI is InChI=1S/C19H21N5O3/c1-4-15-23-16(27-24-15)9-10-20-18(25)14-7-5-13(6-8-14)17-12(2)21-11-22-19(17)26-3/h5-8,11H,4,9-10H2,1-3H3,(H,20,25). The highest BCUT2D eigenvalue weighted by Gasteiger charge is 2.13. The second kappa shape index (κ2) is 8.39. The summed E-state index contributed by atoms with van der Waals surface area (Å²) in [5.74, 6) is 1.53. The van der Waals surface area contributed by atoms with Crippen LogP contribution in [0, 0.1) is 6.92 Å². The minimum Gasteiger partial charge on any atom is -0.480 e. The fraction of sp³-hybridized carbons (Fsp3) is 0.316. The number of carbonyl (C=O) groups excluding carboxylic acids is 1. The van der Waals surface area contributed by atoms with E-state index in [-0.39, 0.29) is 5.91 Å². The van der Waals surface area contributed by atoms with Crippen molar-refractivity contribution in [3.05, 3.63) is 53.6 Å². The first-order valence-corrected chi connectivity index (χ1v) is 8.68. The molecule has 0 aliphatic heterocycles. The van der Waals surface area contributed by atoms with Crippen molar-refractivity contribution < 1.29 is 14.1 Å². The Morgan fingerprint density at radius 2 is 2.00 bits per heavy atom. The molecule has 0 saturated heterocycles. The SMILES string of the molecule is CCc1noc(CCNC(=O)c2ccc(-c3c(C)ncnc3OC)cc2)n1. The number of nitrogens with one attached hydrogen (secondary N) is 1. The lowest BCUT2D eigenvalue weighted by Crippen LogP contribution is -2.25. The molecule has 0 spiro atoms. The van der Waals surface area contributed by atoms with Crippen molar-refractivity contribution in [1.29, 1.82) is 0 Å². The van der Waals surface area contributed by atoms with Gasteiger partial charge in [0.25, 0.3) is 5.91 Å². The van der Waals surface area contributed by atoms with Crippen LogP contribution in [-0.2, 0) is 12.8 Å². The number of aromatic nitrogens is 4. The third-order valence-corrected chi connectivity index (χ3v) is 4.08. The van der Waals surface area contributed by atoms with Crippen LogP contribution in [0.5, 0.6) is 5.88 Å². The molecule has 2 aromatic heterocycles. The molecular formula is C19H21N5O3. The van der Waals surface area contributed by atoms with E-state index in [4.69, 9.17) is 9.26 Å². The summed E-state index contributed by atoms with van der Waals surface area (Å²) in [4.78, 5) is 24.9. The Labute approximate surface area is 157 Å². The summed E-state index contributed by atoms with van der Waals surface area (Å²) in [6, 6.07) is 7.24. The van der Waals surface area contributed by atoms with E-state index in [1.165, 1.54) is 6.33 Å². The third kappa shape index (κ3) is 4.28. The number of rotatable bonds is 7. The number of benzene rings is 1. The highest BCUT2D eigenvalue weighted by Crippen LogP contribution is 2.30. The number of nitrogens with zero attached hydrogens (tertiary/aromatic N) is 4. The van der Waals surface area contributed by atoms with Crippen LogP contribution in [0.15, 0.2) is 35.1 Å². The van der Waals surface area contributed by atoms with E-state index in [2.05, 4.69) is 25.4 Å². The van der Waals surface area contributed by atoms with Crippen LogP contribution in [0.4, 0.5) is 0 Å². The molecule has 3 rings (SSSR count). The summed E-state index contributed by atoms with van der Waals surface area (Å²) in [6.45, 7) is 4.27. The highest BCUT2D eigenvalue weighted by molar-refractivity contribution is 5.94. The quantitative estimate of drug-likeness (QED) is 0.684. The molecule has 8 nitrogen and oxygen atoms in total. The average Bonchev–Trinajstić information content (AvgIpc) is 3.16. The van der Waals surface area contributed by atoms with Crippen molar-refractivity contribution >= 4 is 5.91 Å². The maximum atomic E-state index is 12.3. The smallest absolute Gasteiger partial charge is 0.251 e. The molecule has 0 aliphatic rings. The second-order valence-electron chi connectivity index (χ2n) is 5.88. The Morgan fingerprint density at radius 1 is 1.22 bits per heavy atom. The first kappa shape index (κ1) is 18.5. The summed E-state index contributed by atoms with van der Waals surface area (Å²) in [5.41, 5.74) is 3.08. The second-order valence-corrected chi connectivity index (χ2v) is 5.88. The van der Waals surface area contributed by atoms with Crippen LogP contribution in [0.3, 0.4) is 0 Å². The van der Waals surface area contributed by atoms with Gasteiger partial charge in [-0.3, -0.25) is 4.79 Å². The summed E-state index contributed by atoms with van der Waals surface area (Å²) in [6.07, 6.45) is 2.68. The number of hydrogen-bond donors (Lipinski definition) is 1. The van der Waals surface area contributed by atoms with Crippen molar-refractivity contribution in [3.8, 4) is 17.0 Å². The predicted octanol–water partition coefficient (Wildman–Crippen LogP) is 2.38. The van der Waals surface area contributed by atoms with Gasteiger partial charge in [-0.1, -0.05) is 24.2 Å². The normalized spacial score (nSPS) is 10.6. The molecule has 0 saturated carbocycles. The van der Waals surface area contributed by atoms with Gasteiger partial charge in [-0.2, -0.15) is 4.98 Å². The van der Waals surface area contributed by atoms with Crippen molar-refractivity contribution in [3.63, 3.8) is 0 Å². The Kier molecular flexibility index (Phi) is 5.75. The van der Waals surface area contributed by atoms with Gasteiger partial charge in [0.2, 0.25) is 11.8 Å². The lowest BCUT2D eigenvalue weighted by Gasteiger charge is -2.10. The summed E-state index contributed by atoms with van der Waals surface area (Å²) < 4.78 is 10.4. The maximum absolute atomic E-state index is 12.3. The molecule has 0 radical (unpaired) electrons. The average molecular weight is 367 g/mol. The van der Waals surface area contributed by atoms with E-state index in [0.717, 1.165) is 23.2 Å². The zero-order valence-corrected chi connectivity index (χ0v) is 15.5.